The number of aliphatic carboxylic acids is 1. The van der Waals surface area contributed by atoms with Gasteiger partial charge in [-0.05, 0) is 61.3 Å². The lowest BCUT2D eigenvalue weighted by atomic mass is 10.1. The van der Waals surface area contributed by atoms with Gasteiger partial charge in [-0.2, -0.15) is 17.5 Å². The van der Waals surface area contributed by atoms with Gasteiger partial charge in [0, 0.05) is 10.5 Å². The summed E-state index contributed by atoms with van der Waals surface area (Å²) in [5.41, 5.74) is 0.633. The number of ether oxygens (including phenoxy) is 1. The topological polar surface area (TPSA) is 72.3 Å². The van der Waals surface area contributed by atoms with Gasteiger partial charge >= 0.3 is 12.1 Å². The number of hydrogen-bond acceptors (Lipinski definition) is 6. The standard InChI is InChI=1S/C20H17F3N2O3S2/c1-11-9-15(7-8-16(11)28-12(2)19(26)27)29-10-17-24-18(25-30-17)13-3-5-14(6-4-13)20(21,22)23/h3-9,12H,10H2,1-2H3,(H,26,27). The molecular weight excluding hydrogens is 437 g/mol. The lowest BCUT2D eigenvalue weighted by Gasteiger charge is -2.13. The van der Waals surface area contributed by atoms with Gasteiger partial charge in [-0.25, -0.2) is 9.78 Å². The summed E-state index contributed by atoms with van der Waals surface area (Å²) in [6.45, 7) is 3.30. The molecule has 0 bridgehead atoms. The fourth-order valence-corrected chi connectivity index (χ4v) is 4.10. The predicted octanol–water partition coefficient (Wildman–Crippen LogP) is 5.68. The van der Waals surface area contributed by atoms with Gasteiger partial charge in [-0.15, -0.1) is 11.8 Å². The SMILES string of the molecule is Cc1cc(SCc2nc(-c3ccc(C(F)(F)F)cc3)ns2)ccc1OC(C)C(=O)O. The van der Waals surface area contributed by atoms with E-state index in [-0.39, 0.29) is 0 Å². The fraction of sp³-hybridized carbons (Fsp3) is 0.250. The van der Waals surface area contributed by atoms with Crippen molar-refractivity contribution in [2.45, 2.75) is 36.8 Å². The molecule has 0 aliphatic carbocycles. The van der Waals surface area contributed by atoms with E-state index in [4.69, 9.17) is 9.84 Å². The van der Waals surface area contributed by atoms with Crippen LogP contribution in [0, 0.1) is 6.92 Å². The molecule has 3 rings (SSSR count). The first-order chi connectivity index (χ1) is 14.1. The number of aryl methyl sites for hydroxylation is 1. The first kappa shape index (κ1) is 22.1. The normalized spacial score (nSPS) is 12.6. The molecule has 0 amide bonds. The molecule has 0 aliphatic rings. The molecule has 0 aliphatic heterocycles. The molecule has 0 spiro atoms. The molecule has 30 heavy (non-hydrogen) atoms. The largest absolute Gasteiger partial charge is 0.479 e. The van der Waals surface area contributed by atoms with E-state index < -0.39 is 23.8 Å². The minimum absolute atomic E-state index is 0.395. The van der Waals surface area contributed by atoms with E-state index in [9.17, 15) is 18.0 Å². The molecule has 5 nitrogen and oxygen atoms in total. The second kappa shape index (κ2) is 9.05. The molecule has 0 saturated heterocycles. The Morgan fingerprint density at radius 3 is 2.53 bits per heavy atom. The molecule has 0 saturated carbocycles. The van der Waals surface area contributed by atoms with Gasteiger partial charge in [-0.3, -0.25) is 0 Å². The summed E-state index contributed by atoms with van der Waals surface area (Å²) in [4.78, 5) is 16.3. The van der Waals surface area contributed by atoms with Gasteiger partial charge in [-0.1, -0.05) is 12.1 Å². The number of thioether (sulfide) groups is 1. The Morgan fingerprint density at radius 2 is 1.93 bits per heavy atom. The third-order valence-electron chi connectivity index (χ3n) is 4.10. The van der Waals surface area contributed by atoms with Crippen LogP contribution in [0.2, 0.25) is 0 Å². The van der Waals surface area contributed by atoms with Crippen molar-refractivity contribution >= 4 is 29.3 Å². The average molecular weight is 454 g/mol. The van der Waals surface area contributed by atoms with E-state index in [2.05, 4.69) is 9.36 Å². The summed E-state index contributed by atoms with van der Waals surface area (Å²) in [6, 6.07) is 10.2. The molecule has 1 heterocycles. The van der Waals surface area contributed by atoms with Crippen molar-refractivity contribution in [2.75, 3.05) is 0 Å². The number of alkyl halides is 3. The molecule has 1 aromatic heterocycles. The zero-order valence-electron chi connectivity index (χ0n) is 15.9. The number of benzene rings is 2. The van der Waals surface area contributed by atoms with Crippen molar-refractivity contribution in [3.8, 4) is 17.1 Å². The molecule has 10 heteroatoms. The van der Waals surface area contributed by atoms with Crippen molar-refractivity contribution in [3.05, 3.63) is 58.6 Å². The summed E-state index contributed by atoms with van der Waals surface area (Å²) in [5.74, 6) is 0.415. The first-order valence-corrected chi connectivity index (χ1v) is 10.5. The maximum Gasteiger partial charge on any atom is 0.416 e. The van der Waals surface area contributed by atoms with Gasteiger partial charge in [0.1, 0.15) is 10.8 Å². The zero-order valence-corrected chi connectivity index (χ0v) is 17.6. The molecule has 1 N–H and O–H groups in total. The first-order valence-electron chi connectivity index (χ1n) is 8.76. The Kier molecular flexibility index (Phi) is 6.67. The van der Waals surface area contributed by atoms with Crippen molar-refractivity contribution in [3.63, 3.8) is 0 Å². The Balaban J connectivity index is 1.63. The maximum absolute atomic E-state index is 12.7. The third-order valence-corrected chi connectivity index (χ3v) is 6.00. The van der Waals surface area contributed by atoms with Gasteiger partial charge in [0.25, 0.3) is 0 Å². The summed E-state index contributed by atoms with van der Waals surface area (Å²) in [6.07, 6.45) is -5.31. The summed E-state index contributed by atoms with van der Waals surface area (Å²) >= 11 is 2.72. The van der Waals surface area contributed by atoms with E-state index in [0.717, 1.165) is 27.6 Å². The minimum atomic E-state index is -4.37. The maximum atomic E-state index is 12.7. The van der Waals surface area contributed by atoms with Gasteiger partial charge in [0.15, 0.2) is 11.9 Å². The lowest BCUT2D eigenvalue weighted by molar-refractivity contribution is -0.144. The second-order valence-corrected chi connectivity index (χ2v) is 8.29. The van der Waals surface area contributed by atoms with Crippen molar-refractivity contribution < 1.29 is 27.8 Å². The van der Waals surface area contributed by atoms with Crippen LogP contribution in [0.25, 0.3) is 11.4 Å². The van der Waals surface area contributed by atoms with Crippen LogP contribution >= 0.6 is 23.3 Å². The Hall–Kier alpha value is -2.59. The minimum Gasteiger partial charge on any atom is -0.479 e. The number of carboxylic acid groups (broad SMARTS) is 1. The van der Waals surface area contributed by atoms with Crippen LogP contribution in [-0.4, -0.2) is 26.5 Å². The molecule has 1 atom stereocenters. The van der Waals surface area contributed by atoms with Crippen LogP contribution in [0.1, 0.15) is 23.1 Å². The molecule has 2 aromatic carbocycles. The fourth-order valence-electron chi connectivity index (χ4n) is 2.47. The average Bonchev–Trinajstić information content (AvgIpc) is 3.16. The summed E-state index contributed by atoms with van der Waals surface area (Å²) in [5, 5.41) is 9.68. The quantitative estimate of drug-likeness (QED) is 0.464. The number of halogens is 3. The van der Waals surface area contributed by atoms with Gasteiger partial charge < -0.3 is 9.84 Å². The zero-order chi connectivity index (χ0) is 21.9. The van der Waals surface area contributed by atoms with Crippen molar-refractivity contribution in [1.82, 2.24) is 9.36 Å². The number of hydrogen-bond donors (Lipinski definition) is 1. The molecule has 0 radical (unpaired) electrons. The molecule has 0 fully saturated rings. The lowest BCUT2D eigenvalue weighted by Crippen LogP contribution is -2.23. The van der Waals surface area contributed by atoms with E-state index in [1.54, 1.807) is 6.07 Å². The number of carboxylic acids is 1. The third kappa shape index (κ3) is 5.51. The van der Waals surface area contributed by atoms with E-state index in [1.807, 2.05) is 19.1 Å². The monoisotopic (exact) mass is 454 g/mol. The number of rotatable bonds is 7. The van der Waals surface area contributed by atoms with E-state index >= 15 is 0 Å². The highest BCUT2D eigenvalue weighted by molar-refractivity contribution is 7.98. The van der Waals surface area contributed by atoms with Crippen LogP contribution in [0.5, 0.6) is 5.75 Å². The number of carbonyl (C=O) groups is 1. The highest BCUT2D eigenvalue weighted by atomic mass is 32.2. The highest BCUT2D eigenvalue weighted by Crippen LogP contribution is 2.32. The predicted molar refractivity (Wildman–Crippen MR) is 109 cm³/mol. The van der Waals surface area contributed by atoms with Gasteiger partial charge in [0.05, 0.1) is 11.3 Å². The smallest absolute Gasteiger partial charge is 0.416 e. The summed E-state index contributed by atoms with van der Waals surface area (Å²) in [7, 11) is 0. The van der Waals surface area contributed by atoms with Crippen LogP contribution in [-0.2, 0) is 16.7 Å². The Bertz CT molecular complexity index is 1040. The Labute approximate surface area is 179 Å². The van der Waals surface area contributed by atoms with E-state index in [1.165, 1.54) is 42.4 Å². The molecular formula is C20H17F3N2O3S2. The van der Waals surface area contributed by atoms with Crippen LogP contribution in [0.15, 0.2) is 47.4 Å². The van der Waals surface area contributed by atoms with Crippen LogP contribution in [0.3, 0.4) is 0 Å². The number of nitrogens with zero attached hydrogens (tertiary/aromatic N) is 2. The second-order valence-electron chi connectivity index (χ2n) is 6.40. The van der Waals surface area contributed by atoms with Crippen molar-refractivity contribution in [1.29, 1.82) is 0 Å². The van der Waals surface area contributed by atoms with Crippen molar-refractivity contribution in [2.24, 2.45) is 0 Å². The van der Waals surface area contributed by atoms with Crippen LogP contribution < -0.4 is 4.74 Å². The highest BCUT2D eigenvalue weighted by Gasteiger charge is 2.30. The molecule has 3 aromatic rings. The van der Waals surface area contributed by atoms with Gasteiger partial charge in [0.2, 0.25) is 0 Å². The van der Waals surface area contributed by atoms with Crippen LogP contribution in [0.4, 0.5) is 13.2 Å². The molecule has 158 valence electrons. The molecule has 1 unspecified atom stereocenters. The number of aromatic nitrogens is 2. The summed E-state index contributed by atoms with van der Waals surface area (Å²) < 4.78 is 47.7. The Morgan fingerprint density at radius 1 is 1.23 bits per heavy atom. The van der Waals surface area contributed by atoms with E-state index in [0.29, 0.717) is 22.9 Å².